The van der Waals surface area contributed by atoms with Crippen molar-refractivity contribution < 1.29 is 4.74 Å². The number of hydrogen-bond donors (Lipinski definition) is 1. The lowest BCUT2D eigenvalue weighted by atomic mass is 9.88. The van der Waals surface area contributed by atoms with Gasteiger partial charge in [-0.3, -0.25) is 0 Å². The Labute approximate surface area is 122 Å². The second-order valence-corrected chi connectivity index (χ2v) is 6.47. The highest BCUT2D eigenvalue weighted by atomic mass is 16.5. The molecular formula is C17H26N2O. The van der Waals surface area contributed by atoms with E-state index < -0.39 is 0 Å². The van der Waals surface area contributed by atoms with Crippen LogP contribution in [0.1, 0.15) is 56.7 Å². The maximum absolute atomic E-state index is 6.11. The average Bonchev–Trinajstić information content (AvgIpc) is 3.25. The van der Waals surface area contributed by atoms with Crippen molar-refractivity contribution in [3.05, 3.63) is 23.4 Å². The third kappa shape index (κ3) is 3.51. The Kier molecular flexibility index (Phi) is 4.25. The van der Waals surface area contributed by atoms with E-state index in [1.54, 1.807) is 0 Å². The number of hydrogen-bond acceptors (Lipinski definition) is 3. The number of nitrogens with one attached hydrogen (secondary N) is 1. The van der Waals surface area contributed by atoms with Crippen molar-refractivity contribution in [3.63, 3.8) is 0 Å². The summed E-state index contributed by atoms with van der Waals surface area (Å²) < 4.78 is 6.11. The van der Waals surface area contributed by atoms with Gasteiger partial charge in [0.05, 0.1) is 0 Å². The summed E-state index contributed by atoms with van der Waals surface area (Å²) in [6.07, 6.45) is 8.10. The lowest BCUT2D eigenvalue weighted by Crippen LogP contribution is -2.28. The molecule has 2 unspecified atom stereocenters. The van der Waals surface area contributed by atoms with Crippen LogP contribution in [0.2, 0.25) is 0 Å². The van der Waals surface area contributed by atoms with Gasteiger partial charge in [-0.15, -0.1) is 0 Å². The van der Waals surface area contributed by atoms with E-state index in [4.69, 9.17) is 4.74 Å². The predicted octanol–water partition coefficient (Wildman–Crippen LogP) is 3.60. The van der Waals surface area contributed by atoms with Crippen molar-refractivity contribution in [2.24, 2.45) is 5.92 Å². The van der Waals surface area contributed by atoms with E-state index >= 15 is 0 Å². The van der Waals surface area contributed by atoms with Gasteiger partial charge in [0.1, 0.15) is 6.10 Å². The molecule has 1 aromatic rings. The number of pyridine rings is 1. The quantitative estimate of drug-likeness (QED) is 0.891. The van der Waals surface area contributed by atoms with Crippen LogP contribution in [0.3, 0.4) is 0 Å². The van der Waals surface area contributed by atoms with E-state index in [-0.39, 0.29) is 0 Å². The van der Waals surface area contributed by atoms with E-state index in [1.165, 1.54) is 44.1 Å². The van der Waals surface area contributed by atoms with Crippen molar-refractivity contribution in [2.75, 3.05) is 0 Å². The Morgan fingerprint density at radius 1 is 1.20 bits per heavy atom. The van der Waals surface area contributed by atoms with Crippen LogP contribution in [-0.4, -0.2) is 17.1 Å². The minimum absolute atomic E-state index is 0.353. The second kappa shape index (κ2) is 6.13. The van der Waals surface area contributed by atoms with Gasteiger partial charge in [0.15, 0.2) is 0 Å². The van der Waals surface area contributed by atoms with Crippen molar-refractivity contribution in [3.8, 4) is 5.88 Å². The molecule has 1 N–H and O–H groups in total. The Morgan fingerprint density at radius 3 is 2.70 bits per heavy atom. The number of rotatable bonds is 5. The molecule has 3 heteroatoms. The number of aromatic nitrogens is 1. The van der Waals surface area contributed by atoms with Gasteiger partial charge in [-0.05, 0) is 50.5 Å². The normalized spacial score (nSPS) is 26.5. The molecular weight excluding hydrogens is 248 g/mol. The SMILES string of the molecule is Cc1nc(OC2CCCCC2C)ccc1CNC1CC1. The largest absolute Gasteiger partial charge is 0.474 e. The zero-order valence-corrected chi connectivity index (χ0v) is 12.7. The van der Waals surface area contributed by atoms with Gasteiger partial charge in [0.2, 0.25) is 5.88 Å². The van der Waals surface area contributed by atoms with Crippen LogP contribution in [-0.2, 0) is 6.54 Å². The number of aryl methyl sites for hydroxylation is 1. The summed E-state index contributed by atoms with van der Waals surface area (Å²) >= 11 is 0. The van der Waals surface area contributed by atoms with Gasteiger partial charge in [-0.2, -0.15) is 0 Å². The summed E-state index contributed by atoms with van der Waals surface area (Å²) in [5.41, 5.74) is 2.39. The van der Waals surface area contributed by atoms with Gasteiger partial charge in [-0.25, -0.2) is 4.98 Å². The van der Waals surface area contributed by atoms with E-state index in [0.29, 0.717) is 12.0 Å². The molecule has 3 rings (SSSR count). The molecule has 0 bridgehead atoms. The summed E-state index contributed by atoms with van der Waals surface area (Å²) in [4.78, 5) is 4.64. The monoisotopic (exact) mass is 274 g/mol. The third-order valence-electron chi connectivity index (χ3n) is 4.63. The standard InChI is InChI=1S/C17H26N2O/c1-12-5-3-4-6-16(12)20-17-10-7-14(13(2)19-17)11-18-15-8-9-15/h7,10,12,15-16,18H,3-6,8-9,11H2,1-2H3. The van der Waals surface area contributed by atoms with Gasteiger partial charge in [0.25, 0.3) is 0 Å². The molecule has 2 aliphatic rings. The summed E-state index contributed by atoms with van der Waals surface area (Å²) in [5.74, 6) is 1.46. The molecule has 1 aromatic heterocycles. The minimum Gasteiger partial charge on any atom is -0.474 e. The van der Waals surface area contributed by atoms with Gasteiger partial charge in [-0.1, -0.05) is 19.4 Å². The van der Waals surface area contributed by atoms with E-state index in [9.17, 15) is 0 Å². The highest BCUT2D eigenvalue weighted by Crippen LogP contribution is 2.28. The molecule has 2 saturated carbocycles. The van der Waals surface area contributed by atoms with Crippen molar-refractivity contribution in [1.29, 1.82) is 0 Å². The lowest BCUT2D eigenvalue weighted by molar-refractivity contribution is 0.0974. The first-order valence-electron chi connectivity index (χ1n) is 8.09. The summed E-state index contributed by atoms with van der Waals surface area (Å²) in [5, 5.41) is 3.54. The molecule has 110 valence electrons. The molecule has 20 heavy (non-hydrogen) atoms. The molecule has 1 heterocycles. The van der Waals surface area contributed by atoms with Crippen molar-refractivity contribution in [2.45, 2.75) is 71.1 Å². The van der Waals surface area contributed by atoms with Crippen LogP contribution in [0, 0.1) is 12.8 Å². The topological polar surface area (TPSA) is 34.1 Å². The first-order chi connectivity index (χ1) is 9.72. The Hall–Kier alpha value is -1.09. The lowest BCUT2D eigenvalue weighted by Gasteiger charge is -2.29. The fourth-order valence-corrected chi connectivity index (χ4v) is 2.97. The Balaban J connectivity index is 1.60. The fourth-order valence-electron chi connectivity index (χ4n) is 2.97. The van der Waals surface area contributed by atoms with Crippen LogP contribution in [0.5, 0.6) is 5.88 Å². The summed E-state index contributed by atoms with van der Waals surface area (Å²) in [6.45, 7) is 5.31. The predicted molar refractivity (Wildman–Crippen MR) is 80.9 cm³/mol. The first kappa shape index (κ1) is 13.9. The highest BCUT2D eigenvalue weighted by Gasteiger charge is 2.23. The molecule has 0 aliphatic heterocycles. The van der Waals surface area contributed by atoms with E-state index in [1.807, 2.05) is 6.07 Å². The van der Waals surface area contributed by atoms with E-state index in [2.05, 4.69) is 30.2 Å². The van der Waals surface area contributed by atoms with Crippen LogP contribution in [0.25, 0.3) is 0 Å². The molecule has 3 nitrogen and oxygen atoms in total. The highest BCUT2D eigenvalue weighted by molar-refractivity contribution is 5.25. The molecule has 0 radical (unpaired) electrons. The fraction of sp³-hybridized carbons (Fsp3) is 0.706. The Bertz CT molecular complexity index is 456. The van der Waals surface area contributed by atoms with Crippen molar-refractivity contribution in [1.82, 2.24) is 10.3 Å². The molecule has 0 aromatic carbocycles. The maximum atomic E-state index is 6.11. The maximum Gasteiger partial charge on any atom is 0.213 e. The third-order valence-corrected chi connectivity index (χ3v) is 4.63. The molecule has 2 atom stereocenters. The zero-order valence-electron chi connectivity index (χ0n) is 12.7. The molecule has 2 fully saturated rings. The molecule has 0 spiro atoms. The molecule has 2 aliphatic carbocycles. The molecule has 0 saturated heterocycles. The smallest absolute Gasteiger partial charge is 0.213 e. The van der Waals surface area contributed by atoms with Crippen LogP contribution >= 0.6 is 0 Å². The van der Waals surface area contributed by atoms with E-state index in [0.717, 1.165) is 24.2 Å². The zero-order chi connectivity index (χ0) is 13.9. The average molecular weight is 274 g/mol. The summed E-state index contributed by atoms with van der Waals surface area (Å²) in [7, 11) is 0. The van der Waals surface area contributed by atoms with Crippen LogP contribution in [0.4, 0.5) is 0 Å². The molecule has 0 amide bonds. The minimum atomic E-state index is 0.353. The van der Waals surface area contributed by atoms with Gasteiger partial charge in [0, 0.05) is 24.3 Å². The van der Waals surface area contributed by atoms with Gasteiger partial charge < -0.3 is 10.1 Å². The van der Waals surface area contributed by atoms with Gasteiger partial charge >= 0.3 is 0 Å². The summed E-state index contributed by atoms with van der Waals surface area (Å²) in [6, 6.07) is 4.95. The second-order valence-electron chi connectivity index (χ2n) is 6.47. The first-order valence-corrected chi connectivity index (χ1v) is 8.09. The number of ether oxygens (including phenoxy) is 1. The Morgan fingerprint density at radius 2 is 2.00 bits per heavy atom. The number of nitrogens with zero attached hydrogens (tertiary/aromatic N) is 1. The van der Waals surface area contributed by atoms with Crippen LogP contribution < -0.4 is 10.1 Å². The van der Waals surface area contributed by atoms with Crippen molar-refractivity contribution >= 4 is 0 Å². The van der Waals surface area contributed by atoms with Crippen LogP contribution in [0.15, 0.2) is 12.1 Å².